The second kappa shape index (κ2) is 6.88. The maximum atomic E-state index is 13.0. The van der Waals surface area contributed by atoms with Crippen LogP contribution >= 0.6 is 35.4 Å². The molecule has 0 saturated carbocycles. The minimum atomic E-state index is -0.438. The Morgan fingerprint density at radius 2 is 1.85 bits per heavy atom. The highest BCUT2D eigenvalue weighted by atomic mass is 35.5. The van der Waals surface area contributed by atoms with Crippen LogP contribution in [0.5, 0.6) is 0 Å². The molecule has 0 bridgehead atoms. The number of nitrogens with one attached hydrogen (secondary N) is 2. The van der Waals surface area contributed by atoms with Crippen LogP contribution in [0.1, 0.15) is 5.56 Å². The smallest absolute Gasteiger partial charge is 0.171 e. The van der Waals surface area contributed by atoms with Gasteiger partial charge in [-0.15, -0.1) is 0 Å². The molecule has 0 heterocycles. The second-order valence-electron chi connectivity index (χ2n) is 4.04. The average molecular weight is 329 g/mol. The quantitative estimate of drug-likeness (QED) is 0.804. The predicted octanol–water partition coefficient (Wildman–Crippen LogP) is 4.62. The third kappa shape index (κ3) is 4.07. The number of halogens is 3. The van der Waals surface area contributed by atoms with Gasteiger partial charge in [0, 0.05) is 6.54 Å². The van der Waals surface area contributed by atoms with Gasteiger partial charge in [-0.05, 0) is 42.0 Å². The fraction of sp³-hybridized carbons (Fsp3) is 0.0714. The Hall–Kier alpha value is -1.36. The van der Waals surface area contributed by atoms with Gasteiger partial charge in [-0.1, -0.05) is 41.4 Å². The lowest BCUT2D eigenvalue weighted by atomic mass is 10.2. The Morgan fingerprint density at radius 3 is 2.55 bits per heavy atom. The molecule has 0 spiro atoms. The van der Waals surface area contributed by atoms with E-state index in [9.17, 15) is 4.39 Å². The minimum Gasteiger partial charge on any atom is -0.358 e. The van der Waals surface area contributed by atoms with Gasteiger partial charge >= 0.3 is 0 Å². The summed E-state index contributed by atoms with van der Waals surface area (Å²) in [6.07, 6.45) is 0. The summed E-state index contributed by atoms with van der Waals surface area (Å²) in [5, 5.41) is 7.10. The third-order valence-electron chi connectivity index (χ3n) is 2.56. The zero-order valence-electron chi connectivity index (χ0n) is 10.3. The molecule has 20 heavy (non-hydrogen) atoms. The molecule has 2 rings (SSSR count). The SMILES string of the molecule is Fc1ccc(CNC(=S)Nc2ccccc2Cl)cc1Cl. The number of rotatable bonds is 3. The number of anilines is 1. The highest BCUT2D eigenvalue weighted by Gasteiger charge is 2.03. The lowest BCUT2D eigenvalue weighted by Crippen LogP contribution is -2.28. The Morgan fingerprint density at radius 1 is 1.10 bits per heavy atom. The van der Waals surface area contributed by atoms with Gasteiger partial charge in [-0.25, -0.2) is 4.39 Å². The standard InChI is InChI=1S/C14H11Cl2FN2S/c15-10-3-1-2-4-13(10)19-14(20)18-8-9-5-6-12(17)11(16)7-9/h1-7H,8H2,(H2,18,19,20). The highest BCUT2D eigenvalue weighted by molar-refractivity contribution is 7.80. The van der Waals surface area contributed by atoms with Gasteiger partial charge in [0.2, 0.25) is 0 Å². The lowest BCUT2D eigenvalue weighted by Gasteiger charge is -2.11. The summed E-state index contributed by atoms with van der Waals surface area (Å²) in [4.78, 5) is 0. The van der Waals surface area contributed by atoms with Gasteiger partial charge in [0.05, 0.1) is 15.7 Å². The molecule has 104 valence electrons. The Kier molecular flexibility index (Phi) is 5.17. The molecule has 2 aromatic rings. The van der Waals surface area contributed by atoms with E-state index >= 15 is 0 Å². The first-order chi connectivity index (χ1) is 9.56. The molecule has 0 unspecified atom stereocenters. The summed E-state index contributed by atoms with van der Waals surface area (Å²) in [5.41, 5.74) is 1.56. The first kappa shape index (κ1) is 15.0. The third-order valence-corrected chi connectivity index (χ3v) is 3.42. The second-order valence-corrected chi connectivity index (χ2v) is 5.26. The monoisotopic (exact) mass is 328 g/mol. The first-order valence-corrected chi connectivity index (χ1v) is 6.96. The van der Waals surface area contributed by atoms with Crippen LogP contribution in [0.25, 0.3) is 0 Å². The molecule has 0 saturated heterocycles. The number of benzene rings is 2. The molecule has 2 nitrogen and oxygen atoms in total. The molecule has 0 aliphatic carbocycles. The zero-order chi connectivity index (χ0) is 14.5. The summed E-state index contributed by atoms with van der Waals surface area (Å²) >= 11 is 16.9. The molecule has 0 aliphatic heterocycles. The minimum absolute atomic E-state index is 0.0919. The fourth-order valence-corrected chi connectivity index (χ4v) is 2.13. The maximum Gasteiger partial charge on any atom is 0.171 e. The van der Waals surface area contributed by atoms with Crippen molar-refractivity contribution in [1.82, 2.24) is 5.32 Å². The van der Waals surface area contributed by atoms with E-state index in [0.29, 0.717) is 16.7 Å². The normalized spacial score (nSPS) is 10.2. The summed E-state index contributed by atoms with van der Waals surface area (Å²) in [6, 6.07) is 11.8. The summed E-state index contributed by atoms with van der Waals surface area (Å²) in [6.45, 7) is 0.441. The van der Waals surface area contributed by atoms with Crippen molar-refractivity contribution in [1.29, 1.82) is 0 Å². The summed E-state index contributed by atoms with van der Waals surface area (Å²) < 4.78 is 13.0. The zero-order valence-corrected chi connectivity index (χ0v) is 12.6. The van der Waals surface area contributed by atoms with Crippen LogP contribution in [0, 0.1) is 5.82 Å². The van der Waals surface area contributed by atoms with Crippen molar-refractivity contribution >= 4 is 46.2 Å². The number of hydrogen-bond donors (Lipinski definition) is 2. The van der Waals surface area contributed by atoms with E-state index in [1.165, 1.54) is 6.07 Å². The molecule has 0 fully saturated rings. The average Bonchev–Trinajstić information content (AvgIpc) is 2.43. The van der Waals surface area contributed by atoms with E-state index < -0.39 is 5.82 Å². The fourth-order valence-electron chi connectivity index (χ4n) is 1.56. The molecular weight excluding hydrogens is 318 g/mol. The molecular formula is C14H11Cl2FN2S. The largest absolute Gasteiger partial charge is 0.358 e. The Labute approximate surface area is 131 Å². The number of hydrogen-bond acceptors (Lipinski definition) is 1. The van der Waals surface area contributed by atoms with Crippen molar-refractivity contribution < 1.29 is 4.39 Å². The van der Waals surface area contributed by atoms with Crippen LogP contribution in [-0.2, 0) is 6.54 Å². The van der Waals surface area contributed by atoms with Crippen LogP contribution < -0.4 is 10.6 Å². The molecule has 0 radical (unpaired) electrons. The van der Waals surface area contributed by atoms with E-state index in [1.54, 1.807) is 18.2 Å². The summed E-state index contributed by atoms with van der Waals surface area (Å²) in [5.74, 6) is -0.438. The topological polar surface area (TPSA) is 24.1 Å². The Bertz CT molecular complexity index is 634. The van der Waals surface area contributed by atoms with Crippen molar-refractivity contribution in [2.45, 2.75) is 6.54 Å². The molecule has 0 aliphatic rings. The van der Waals surface area contributed by atoms with Gasteiger partial charge in [0.15, 0.2) is 5.11 Å². The maximum absolute atomic E-state index is 13.0. The molecule has 0 aromatic heterocycles. The Balaban J connectivity index is 1.92. The van der Waals surface area contributed by atoms with E-state index in [2.05, 4.69) is 10.6 Å². The van der Waals surface area contributed by atoms with Gasteiger partial charge < -0.3 is 10.6 Å². The molecule has 6 heteroatoms. The van der Waals surface area contributed by atoms with E-state index in [1.807, 2.05) is 18.2 Å². The molecule has 0 amide bonds. The van der Waals surface area contributed by atoms with Crippen LogP contribution in [0.15, 0.2) is 42.5 Å². The van der Waals surface area contributed by atoms with Crippen molar-refractivity contribution in [3.05, 3.63) is 63.9 Å². The van der Waals surface area contributed by atoms with Crippen molar-refractivity contribution in [3.63, 3.8) is 0 Å². The van der Waals surface area contributed by atoms with Crippen LogP contribution in [0.3, 0.4) is 0 Å². The van der Waals surface area contributed by atoms with Gasteiger partial charge in [0.1, 0.15) is 5.82 Å². The van der Waals surface area contributed by atoms with Gasteiger partial charge in [-0.3, -0.25) is 0 Å². The number of thiocarbonyl (C=S) groups is 1. The molecule has 2 aromatic carbocycles. The highest BCUT2D eigenvalue weighted by Crippen LogP contribution is 2.20. The molecule has 0 atom stereocenters. The number of para-hydroxylation sites is 1. The molecule has 2 N–H and O–H groups in total. The van der Waals surface area contributed by atoms with Crippen LogP contribution in [0.4, 0.5) is 10.1 Å². The van der Waals surface area contributed by atoms with E-state index in [-0.39, 0.29) is 5.02 Å². The van der Waals surface area contributed by atoms with E-state index in [4.69, 9.17) is 35.4 Å². The first-order valence-electron chi connectivity index (χ1n) is 5.79. The van der Waals surface area contributed by atoms with Gasteiger partial charge in [-0.2, -0.15) is 0 Å². The lowest BCUT2D eigenvalue weighted by molar-refractivity contribution is 0.627. The summed E-state index contributed by atoms with van der Waals surface area (Å²) in [7, 11) is 0. The van der Waals surface area contributed by atoms with Crippen LogP contribution in [0.2, 0.25) is 10.0 Å². The van der Waals surface area contributed by atoms with E-state index in [0.717, 1.165) is 11.3 Å². The predicted molar refractivity (Wildman–Crippen MR) is 85.9 cm³/mol. The van der Waals surface area contributed by atoms with Crippen molar-refractivity contribution in [3.8, 4) is 0 Å². The van der Waals surface area contributed by atoms with Gasteiger partial charge in [0.25, 0.3) is 0 Å². The van der Waals surface area contributed by atoms with Crippen LogP contribution in [-0.4, -0.2) is 5.11 Å². The van der Waals surface area contributed by atoms with Crippen molar-refractivity contribution in [2.75, 3.05) is 5.32 Å². The van der Waals surface area contributed by atoms with Crippen molar-refractivity contribution in [2.24, 2.45) is 0 Å².